The number of rotatable bonds is 3. The maximum absolute atomic E-state index is 13.1. The van der Waals surface area contributed by atoms with Crippen molar-refractivity contribution in [3.8, 4) is 0 Å². The molecule has 0 saturated heterocycles. The Morgan fingerprint density at radius 2 is 2.07 bits per heavy atom. The fourth-order valence-corrected chi connectivity index (χ4v) is 1.79. The molecule has 0 fully saturated rings. The molecule has 0 heterocycles. The normalized spacial score (nSPS) is 14.0. The van der Waals surface area contributed by atoms with Crippen LogP contribution in [0.1, 0.15) is 25.5 Å². The van der Waals surface area contributed by atoms with Crippen molar-refractivity contribution in [2.45, 2.75) is 19.9 Å². The smallest absolute Gasteiger partial charge is 0.124 e. The summed E-state index contributed by atoms with van der Waals surface area (Å²) < 4.78 is 13.8. The number of hydrogen-bond donors (Lipinski definition) is 2. The molecule has 0 saturated carbocycles. The van der Waals surface area contributed by atoms with Gasteiger partial charge < -0.3 is 10.8 Å². The highest BCUT2D eigenvalue weighted by molar-refractivity contribution is 9.10. The maximum atomic E-state index is 13.1. The molecule has 0 aliphatic carbocycles. The van der Waals surface area contributed by atoms with Gasteiger partial charge in [0, 0.05) is 22.5 Å². The van der Waals surface area contributed by atoms with Gasteiger partial charge in [-0.15, -0.1) is 0 Å². The molecule has 0 unspecified atom stereocenters. The quantitative estimate of drug-likeness (QED) is 0.891. The van der Waals surface area contributed by atoms with Gasteiger partial charge in [0.2, 0.25) is 0 Å². The summed E-state index contributed by atoms with van der Waals surface area (Å²) in [5.41, 5.74) is 6.19. The average molecular weight is 276 g/mol. The van der Waals surface area contributed by atoms with Gasteiger partial charge in [0.05, 0.1) is 0 Å². The molecule has 0 bridgehead atoms. The molecule has 2 nitrogen and oxygen atoms in total. The van der Waals surface area contributed by atoms with Crippen molar-refractivity contribution >= 4 is 15.9 Å². The SMILES string of the molecule is CC(C)(CO)[C@H](N)c1cc(F)cc(Br)c1. The first-order chi connectivity index (χ1) is 6.86. The Labute approximate surface area is 97.4 Å². The number of nitrogens with two attached hydrogens (primary N) is 1. The zero-order valence-electron chi connectivity index (χ0n) is 8.80. The van der Waals surface area contributed by atoms with E-state index in [0.29, 0.717) is 10.0 Å². The molecule has 3 N–H and O–H groups in total. The number of benzene rings is 1. The third-order valence-corrected chi connectivity index (χ3v) is 2.95. The van der Waals surface area contributed by atoms with E-state index in [9.17, 15) is 9.50 Å². The predicted octanol–water partition coefficient (Wildman–Crippen LogP) is 2.61. The fraction of sp³-hybridized carbons (Fsp3) is 0.455. The molecule has 84 valence electrons. The monoisotopic (exact) mass is 275 g/mol. The van der Waals surface area contributed by atoms with Crippen molar-refractivity contribution < 1.29 is 9.50 Å². The molecule has 1 aromatic carbocycles. The van der Waals surface area contributed by atoms with Crippen molar-refractivity contribution in [2.24, 2.45) is 11.1 Å². The molecule has 1 aromatic rings. The lowest BCUT2D eigenvalue weighted by atomic mass is 9.82. The number of aliphatic hydroxyl groups excluding tert-OH is 1. The molecule has 1 rings (SSSR count). The van der Waals surface area contributed by atoms with Crippen molar-refractivity contribution in [3.63, 3.8) is 0 Å². The fourth-order valence-electron chi connectivity index (χ4n) is 1.30. The lowest BCUT2D eigenvalue weighted by Gasteiger charge is -2.29. The summed E-state index contributed by atoms with van der Waals surface area (Å²) in [5.74, 6) is -0.330. The highest BCUT2D eigenvalue weighted by Gasteiger charge is 2.27. The largest absolute Gasteiger partial charge is 0.396 e. The maximum Gasteiger partial charge on any atom is 0.124 e. The minimum atomic E-state index is -0.465. The van der Waals surface area contributed by atoms with Gasteiger partial charge >= 0.3 is 0 Å². The van der Waals surface area contributed by atoms with E-state index in [4.69, 9.17) is 5.73 Å². The topological polar surface area (TPSA) is 46.2 Å². The van der Waals surface area contributed by atoms with E-state index in [-0.39, 0.29) is 12.4 Å². The highest BCUT2D eigenvalue weighted by Crippen LogP contribution is 2.32. The summed E-state index contributed by atoms with van der Waals surface area (Å²) in [5, 5.41) is 9.18. The zero-order chi connectivity index (χ0) is 11.6. The molecule has 0 aliphatic heterocycles. The second-order valence-electron chi connectivity index (χ2n) is 4.33. The molecule has 0 aliphatic rings. The van der Waals surface area contributed by atoms with Crippen LogP contribution in [0.15, 0.2) is 22.7 Å². The molecule has 1 atom stereocenters. The lowest BCUT2D eigenvalue weighted by Crippen LogP contribution is -2.32. The summed E-state index contributed by atoms with van der Waals surface area (Å²) in [6.07, 6.45) is 0. The van der Waals surface area contributed by atoms with Crippen LogP contribution in [-0.2, 0) is 0 Å². The predicted molar refractivity (Wildman–Crippen MR) is 61.9 cm³/mol. The summed E-state index contributed by atoms with van der Waals surface area (Å²) in [6.45, 7) is 3.65. The van der Waals surface area contributed by atoms with Crippen LogP contribution < -0.4 is 5.73 Å². The first-order valence-electron chi connectivity index (χ1n) is 4.69. The molecule has 0 amide bonds. The van der Waals surface area contributed by atoms with E-state index in [2.05, 4.69) is 15.9 Å². The summed E-state index contributed by atoms with van der Waals surface area (Å²) >= 11 is 3.21. The minimum absolute atomic E-state index is 0.0394. The van der Waals surface area contributed by atoms with Crippen LogP contribution in [-0.4, -0.2) is 11.7 Å². The first kappa shape index (κ1) is 12.6. The van der Waals surface area contributed by atoms with Crippen molar-refractivity contribution in [2.75, 3.05) is 6.61 Å². The van der Waals surface area contributed by atoms with Crippen LogP contribution in [0.2, 0.25) is 0 Å². The average Bonchev–Trinajstić information content (AvgIpc) is 2.15. The van der Waals surface area contributed by atoms with Crippen LogP contribution in [0.25, 0.3) is 0 Å². The van der Waals surface area contributed by atoms with Crippen LogP contribution in [0.5, 0.6) is 0 Å². The molecule has 15 heavy (non-hydrogen) atoms. The number of hydrogen-bond acceptors (Lipinski definition) is 2. The summed E-state index contributed by atoms with van der Waals surface area (Å²) in [4.78, 5) is 0. The van der Waals surface area contributed by atoms with Gasteiger partial charge in [0.25, 0.3) is 0 Å². The standard InChI is InChI=1S/C11H15BrFNO/c1-11(2,6-15)10(14)7-3-8(12)5-9(13)4-7/h3-5,10,15H,6,14H2,1-2H3/t10-/m1/s1. The Balaban J connectivity index is 3.06. The second kappa shape index (κ2) is 4.60. The second-order valence-corrected chi connectivity index (χ2v) is 5.24. The number of halogens is 2. The minimum Gasteiger partial charge on any atom is -0.396 e. The Kier molecular flexibility index (Phi) is 3.87. The Morgan fingerprint density at radius 3 is 2.53 bits per heavy atom. The van der Waals surface area contributed by atoms with Crippen LogP contribution >= 0.6 is 15.9 Å². The lowest BCUT2D eigenvalue weighted by molar-refractivity contribution is 0.132. The Morgan fingerprint density at radius 1 is 1.47 bits per heavy atom. The van der Waals surface area contributed by atoms with Gasteiger partial charge in [-0.3, -0.25) is 0 Å². The third kappa shape index (κ3) is 3.00. The van der Waals surface area contributed by atoms with Gasteiger partial charge in [-0.1, -0.05) is 29.8 Å². The molecule has 0 spiro atoms. The molecule has 0 aromatic heterocycles. The van der Waals surface area contributed by atoms with E-state index >= 15 is 0 Å². The van der Waals surface area contributed by atoms with Crippen molar-refractivity contribution in [1.29, 1.82) is 0 Å². The van der Waals surface area contributed by atoms with E-state index in [1.807, 2.05) is 13.8 Å². The Bertz CT molecular complexity index is 334. The van der Waals surface area contributed by atoms with Crippen molar-refractivity contribution in [1.82, 2.24) is 0 Å². The van der Waals surface area contributed by atoms with E-state index in [0.717, 1.165) is 0 Å². The molecular weight excluding hydrogens is 261 g/mol. The van der Waals surface area contributed by atoms with Gasteiger partial charge in [-0.05, 0) is 23.8 Å². The van der Waals surface area contributed by atoms with Gasteiger partial charge in [-0.2, -0.15) is 0 Å². The van der Waals surface area contributed by atoms with Gasteiger partial charge in [-0.25, -0.2) is 4.39 Å². The number of aliphatic hydroxyl groups is 1. The summed E-state index contributed by atoms with van der Waals surface area (Å²) in [7, 11) is 0. The van der Waals surface area contributed by atoms with Gasteiger partial charge in [0.1, 0.15) is 5.82 Å². The highest BCUT2D eigenvalue weighted by atomic mass is 79.9. The van der Waals surface area contributed by atoms with E-state index in [1.54, 1.807) is 6.07 Å². The third-order valence-electron chi connectivity index (χ3n) is 2.49. The Hall–Kier alpha value is -0.450. The van der Waals surface area contributed by atoms with Crippen molar-refractivity contribution in [3.05, 3.63) is 34.1 Å². The van der Waals surface area contributed by atoms with Gasteiger partial charge in [0.15, 0.2) is 0 Å². The first-order valence-corrected chi connectivity index (χ1v) is 5.48. The molecule has 0 radical (unpaired) electrons. The van der Waals surface area contributed by atoms with E-state index < -0.39 is 11.5 Å². The summed E-state index contributed by atoms with van der Waals surface area (Å²) in [6, 6.07) is 4.15. The molecule has 4 heteroatoms. The zero-order valence-corrected chi connectivity index (χ0v) is 10.4. The molecular formula is C11H15BrFNO. The van der Waals surface area contributed by atoms with E-state index in [1.165, 1.54) is 12.1 Å². The van der Waals surface area contributed by atoms with Crippen LogP contribution in [0.3, 0.4) is 0 Å². The van der Waals surface area contributed by atoms with Crippen LogP contribution in [0, 0.1) is 11.2 Å². The van der Waals surface area contributed by atoms with Crippen LogP contribution in [0.4, 0.5) is 4.39 Å².